The van der Waals surface area contributed by atoms with Crippen LogP contribution in [0.25, 0.3) is 11.0 Å². The van der Waals surface area contributed by atoms with Gasteiger partial charge in [-0.1, -0.05) is 85.2 Å². The lowest BCUT2D eigenvalue weighted by Crippen LogP contribution is -2.66. The molecule has 3 aromatic rings. The third-order valence-electron chi connectivity index (χ3n) is 9.66. The van der Waals surface area contributed by atoms with Gasteiger partial charge in [-0.25, -0.2) is 14.1 Å². The number of nitrogens with one attached hydrogen (secondary N) is 1. The zero-order chi connectivity index (χ0) is 37.8. The summed E-state index contributed by atoms with van der Waals surface area (Å²) in [4.78, 5) is 4.39. The van der Waals surface area contributed by atoms with Crippen molar-refractivity contribution in [2.24, 2.45) is 0 Å². The van der Waals surface area contributed by atoms with Gasteiger partial charge in [-0.2, -0.15) is 26.7 Å². The Kier molecular flexibility index (Phi) is 11.4. The number of hydrogen-bond acceptors (Lipinski definition) is 10. The van der Waals surface area contributed by atoms with Gasteiger partial charge in [0.2, 0.25) is 0 Å². The molecule has 2 fully saturated rings. The average molecular weight is 797 g/mol. The van der Waals surface area contributed by atoms with Gasteiger partial charge in [-0.05, 0) is 41.2 Å². The first-order chi connectivity index (χ1) is 23.6. The highest BCUT2D eigenvalue weighted by Crippen LogP contribution is 2.50. The average Bonchev–Trinajstić information content (AvgIpc) is 3.56. The van der Waals surface area contributed by atoms with E-state index in [1.54, 1.807) is 25.1 Å². The minimum absolute atomic E-state index is 0.0273. The van der Waals surface area contributed by atoms with E-state index in [-0.39, 0.29) is 39.6 Å². The van der Waals surface area contributed by atoms with Crippen molar-refractivity contribution in [1.29, 1.82) is 0 Å². The molecule has 0 radical (unpaired) electrons. The molecule has 5 atom stereocenters. The molecule has 0 spiro atoms. The minimum Gasteiger partial charge on any atom is -0.414 e. The molecule has 0 saturated carbocycles. The van der Waals surface area contributed by atoms with Crippen LogP contribution in [0.2, 0.25) is 27.3 Å². The summed E-state index contributed by atoms with van der Waals surface area (Å²) in [7, 11) is -12.8. The Hall–Kier alpha value is -2.17. The van der Waals surface area contributed by atoms with E-state index in [0.29, 0.717) is 16.6 Å². The molecule has 284 valence electrons. The number of nitrogens with zero attached hydrogens (tertiary/aromatic N) is 3. The van der Waals surface area contributed by atoms with E-state index in [9.17, 15) is 26.0 Å². The number of rotatable bonds is 10. The van der Waals surface area contributed by atoms with E-state index >= 15 is 0 Å². The Labute approximate surface area is 302 Å². The molecule has 1 N–H and O–H groups in total. The minimum atomic E-state index is -6.18. The first-order valence-corrected chi connectivity index (χ1v) is 22.6. The summed E-state index contributed by atoms with van der Waals surface area (Å²) in [6.07, 6.45) is -4.58. The van der Waals surface area contributed by atoms with Crippen LogP contribution in [0.4, 0.5) is 23.2 Å². The molecule has 0 aliphatic carbocycles. The van der Waals surface area contributed by atoms with Gasteiger partial charge in [0.05, 0.1) is 29.9 Å². The molecular formula is C32H45ClF4N4O7SSi2. The van der Waals surface area contributed by atoms with Crippen LogP contribution in [0, 0.1) is 5.82 Å². The smallest absolute Gasteiger partial charge is 0.414 e. The molecule has 0 bridgehead atoms. The largest absolute Gasteiger partial charge is 0.523 e. The van der Waals surface area contributed by atoms with Gasteiger partial charge < -0.3 is 23.0 Å². The number of fused-ring (bicyclic) bond motifs is 2. The molecule has 51 heavy (non-hydrogen) atoms. The number of pyridine rings is 1. The Bertz CT molecular complexity index is 1820. The van der Waals surface area contributed by atoms with E-state index in [0.717, 1.165) is 4.68 Å². The molecule has 2 unspecified atom stereocenters. The standard InChI is InChI=1S/C32H45ClF4N4O7SSi2/c1-17(2)50(18(3)4)44-16-26-28(47-51(48-50,19(5)6)20(7)8)29(46-49(42,43)32(35,36)37)31(45-26)41-30-23(15-38-41)25(14-27(33)40-30)39-21(9)22-12-10-11-13-24(22)34/h10-15,17-21,26,28-29,31H,16H2,1-9H3,(H,39,40)/t21?,26-,28?,29-,31-/m1/s1. The highest BCUT2D eigenvalue weighted by atomic mass is 35.5. The van der Waals surface area contributed by atoms with Crippen LogP contribution in [0.5, 0.6) is 0 Å². The third kappa shape index (κ3) is 7.36. The van der Waals surface area contributed by atoms with Crippen LogP contribution in [0.3, 0.4) is 0 Å². The zero-order valence-electron chi connectivity index (χ0n) is 29.9. The van der Waals surface area contributed by atoms with Crippen LogP contribution in [0.1, 0.15) is 80.1 Å². The number of benzene rings is 1. The van der Waals surface area contributed by atoms with Crippen LogP contribution in [0.15, 0.2) is 36.5 Å². The lowest BCUT2D eigenvalue weighted by molar-refractivity contribution is -0.0716. The molecule has 0 amide bonds. The predicted molar refractivity (Wildman–Crippen MR) is 189 cm³/mol. The van der Waals surface area contributed by atoms with Crippen molar-refractivity contribution in [3.63, 3.8) is 0 Å². The van der Waals surface area contributed by atoms with E-state index < -0.39 is 69.1 Å². The monoisotopic (exact) mass is 796 g/mol. The number of anilines is 1. The fourth-order valence-corrected chi connectivity index (χ4v) is 19.1. The lowest BCUT2D eigenvalue weighted by atomic mass is 10.1. The number of halogens is 5. The van der Waals surface area contributed by atoms with E-state index in [2.05, 4.69) is 15.4 Å². The second kappa shape index (κ2) is 14.6. The molecule has 2 aliphatic heterocycles. The van der Waals surface area contributed by atoms with Gasteiger partial charge in [0.15, 0.2) is 18.0 Å². The van der Waals surface area contributed by atoms with Gasteiger partial charge in [-0.3, -0.25) is 4.18 Å². The highest BCUT2D eigenvalue weighted by Gasteiger charge is 2.64. The van der Waals surface area contributed by atoms with Crippen molar-refractivity contribution >= 4 is 55.6 Å². The van der Waals surface area contributed by atoms with Crippen LogP contribution >= 0.6 is 11.6 Å². The topological polar surface area (TPSA) is 123 Å². The fraction of sp³-hybridized carbons (Fsp3) is 0.625. The first kappa shape index (κ1) is 40.0. The fourth-order valence-electron chi connectivity index (χ4n) is 7.05. The van der Waals surface area contributed by atoms with Crippen molar-refractivity contribution in [3.8, 4) is 0 Å². The van der Waals surface area contributed by atoms with E-state index in [4.69, 9.17) is 33.5 Å². The van der Waals surface area contributed by atoms with Gasteiger partial charge in [0, 0.05) is 5.56 Å². The van der Waals surface area contributed by atoms with Crippen LogP contribution in [-0.2, 0) is 32.0 Å². The summed E-state index contributed by atoms with van der Waals surface area (Å²) in [5, 5.41) is 7.94. The quantitative estimate of drug-likeness (QED) is 0.0703. The molecule has 2 aromatic heterocycles. The second-order valence-corrected chi connectivity index (χ2v) is 25.1. The van der Waals surface area contributed by atoms with Gasteiger partial charge in [0.25, 0.3) is 0 Å². The maximum Gasteiger partial charge on any atom is 0.523 e. The number of alkyl halides is 3. The van der Waals surface area contributed by atoms with E-state index in [1.807, 2.05) is 55.4 Å². The summed E-state index contributed by atoms with van der Waals surface area (Å²) in [6.45, 7) is 17.3. The summed E-state index contributed by atoms with van der Waals surface area (Å²) in [6, 6.07) is 7.17. The Morgan fingerprint density at radius 2 is 1.61 bits per heavy atom. The molecular weight excluding hydrogens is 752 g/mol. The van der Waals surface area contributed by atoms with Crippen molar-refractivity contribution in [3.05, 3.63) is 53.1 Å². The third-order valence-corrected chi connectivity index (χ3v) is 21.1. The maximum atomic E-state index is 14.6. The molecule has 19 heteroatoms. The first-order valence-electron chi connectivity index (χ1n) is 16.9. The normalized spacial score (nSPS) is 24.7. The highest BCUT2D eigenvalue weighted by molar-refractivity contribution is 7.87. The van der Waals surface area contributed by atoms with Crippen LogP contribution in [-0.4, -0.2) is 70.7 Å². The zero-order valence-corrected chi connectivity index (χ0v) is 33.4. The molecule has 11 nitrogen and oxygen atoms in total. The van der Waals surface area contributed by atoms with Gasteiger partial charge in [0.1, 0.15) is 23.2 Å². The SMILES string of the molecule is CC(Nc1cc(Cl)nc2c1cnn2[C@@H]1O[C@@H]2CO[Si](C(C)C)(C(C)C)O[Si](C(C)C)(C(C)C)OC2[C@H]1OS(=O)(=O)C(F)(F)F)c1ccccc1F. The number of hydrogen-bond donors (Lipinski definition) is 1. The van der Waals surface area contributed by atoms with Gasteiger partial charge >= 0.3 is 32.7 Å². The summed E-state index contributed by atoms with van der Waals surface area (Å²) in [5.74, 6) is -0.431. The summed E-state index contributed by atoms with van der Waals surface area (Å²) >= 11 is 6.45. The molecule has 2 saturated heterocycles. The van der Waals surface area contributed by atoms with Crippen molar-refractivity contribution < 1.29 is 47.9 Å². The molecule has 5 rings (SSSR count). The molecule has 2 aliphatic rings. The number of ether oxygens (including phenoxy) is 1. The Morgan fingerprint density at radius 3 is 2.18 bits per heavy atom. The van der Waals surface area contributed by atoms with Gasteiger partial charge in [-0.15, -0.1) is 0 Å². The van der Waals surface area contributed by atoms with Crippen molar-refractivity contribution in [2.45, 2.75) is 121 Å². The summed E-state index contributed by atoms with van der Waals surface area (Å²) < 4.78 is 115. The van der Waals surface area contributed by atoms with E-state index in [1.165, 1.54) is 18.3 Å². The predicted octanol–water partition coefficient (Wildman–Crippen LogP) is 8.49. The molecule has 1 aromatic carbocycles. The Morgan fingerprint density at radius 1 is 1.00 bits per heavy atom. The molecule has 4 heterocycles. The van der Waals surface area contributed by atoms with Crippen molar-refractivity contribution in [1.82, 2.24) is 14.8 Å². The van der Waals surface area contributed by atoms with Crippen LogP contribution < -0.4 is 5.32 Å². The Balaban J connectivity index is 1.65. The lowest BCUT2D eigenvalue weighted by Gasteiger charge is -2.51. The summed E-state index contributed by atoms with van der Waals surface area (Å²) in [5.41, 5.74) is -5.51. The second-order valence-electron chi connectivity index (χ2n) is 14.3. The number of aromatic nitrogens is 3. The maximum absolute atomic E-state index is 14.6. The van der Waals surface area contributed by atoms with Crippen molar-refractivity contribution in [2.75, 3.05) is 11.9 Å².